The lowest BCUT2D eigenvalue weighted by Crippen LogP contribution is -2.57. The van der Waals surface area contributed by atoms with E-state index < -0.39 is 23.1 Å². The summed E-state index contributed by atoms with van der Waals surface area (Å²) in [7, 11) is 1.53. The number of aromatic nitrogens is 3. The minimum atomic E-state index is -1.30. The van der Waals surface area contributed by atoms with Crippen LogP contribution in [0.15, 0.2) is 48.9 Å². The zero-order valence-corrected chi connectivity index (χ0v) is 18.6. The van der Waals surface area contributed by atoms with E-state index in [4.69, 9.17) is 19.9 Å². The van der Waals surface area contributed by atoms with Gasteiger partial charge in [-0.15, -0.1) is 0 Å². The third kappa shape index (κ3) is 4.66. The molecule has 1 aliphatic rings. The molecule has 178 valence electrons. The maximum atomic E-state index is 13.9. The average Bonchev–Trinajstić information content (AvgIpc) is 2.85. The lowest BCUT2D eigenvalue weighted by Gasteiger charge is -2.43. The molecule has 1 amide bonds. The summed E-state index contributed by atoms with van der Waals surface area (Å²) in [6.45, 7) is 2.81. The quantitative estimate of drug-likeness (QED) is 0.560. The normalized spacial score (nSPS) is 18.2. The highest BCUT2D eigenvalue weighted by Gasteiger charge is 2.44. The predicted molar refractivity (Wildman–Crippen MR) is 116 cm³/mol. The molecule has 1 fully saturated rings. The number of benzene rings is 1. The van der Waals surface area contributed by atoms with Crippen molar-refractivity contribution in [1.29, 1.82) is 0 Å². The first-order valence-electron chi connectivity index (χ1n) is 10.4. The summed E-state index contributed by atoms with van der Waals surface area (Å²) >= 11 is 0. The number of rotatable bonds is 7. The van der Waals surface area contributed by atoms with E-state index in [2.05, 4.69) is 15.0 Å². The summed E-state index contributed by atoms with van der Waals surface area (Å²) in [6.07, 6.45) is 3.92. The summed E-state index contributed by atoms with van der Waals surface area (Å²) in [4.78, 5) is 27.2. The summed E-state index contributed by atoms with van der Waals surface area (Å²) in [5, 5.41) is 0. The number of nitrogens with zero attached hydrogens (tertiary/aromatic N) is 4. The van der Waals surface area contributed by atoms with Crippen LogP contribution in [0.2, 0.25) is 0 Å². The highest BCUT2D eigenvalue weighted by molar-refractivity contribution is 5.85. The van der Waals surface area contributed by atoms with Crippen LogP contribution in [0.3, 0.4) is 0 Å². The minimum absolute atomic E-state index is 0.0229. The zero-order chi connectivity index (χ0) is 24.3. The van der Waals surface area contributed by atoms with Gasteiger partial charge in [0.25, 0.3) is 0 Å². The summed E-state index contributed by atoms with van der Waals surface area (Å²) in [6, 6.07) is 6.50. The van der Waals surface area contributed by atoms with Gasteiger partial charge in [0.15, 0.2) is 11.6 Å². The van der Waals surface area contributed by atoms with Crippen LogP contribution in [0.5, 0.6) is 17.5 Å². The van der Waals surface area contributed by atoms with E-state index in [0.717, 1.165) is 17.7 Å². The molecule has 1 saturated heterocycles. The topological polar surface area (TPSA) is 113 Å². The van der Waals surface area contributed by atoms with Gasteiger partial charge in [-0.25, -0.2) is 18.7 Å². The van der Waals surface area contributed by atoms with Crippen LogP contribution >= 0.6 is 0 Å². The Labute approximate surface area is 194 Å². The van der Waals surface area contributed by atoms with E-state index in [-0.39, 0.29) is 17.7 Å². The fourth-order valence-corrected chi connectivity index (χ4v) is 3.70. The van der Waals surface area contributed by atoms with Crippen LogP contribution in [-0.4, -0.2) is 52.6 Å². The number of nitrogens with two attached hydrogens (primary N) is 1. The van der Waals surface area contributed by atoms with E-state index >= 15 is 0 Å². The van der Waals surface area contributed by atoms with Gasteiger partial charge in [-0.3, -0.25) is 14.7 Å². The van der Waals surface area contributed by atoms with Crippen molar-refractivity contribution in [2.24, 2.45) is 5.73 Å². The second-order valence-corrected chi connectivity index (χ2v) is 7.79. The first-order chi connectivity index (χ1) is 16.3. The van der Waals surface area contributed by atoms with Gasteiger partial charge >= 0.3 is 0 Å². The Morgan fingerprint density at radius 2 is 1.94 bits per heavy atom. The van der Waals surface area contributed by atoms with Crippen LogP contribution in [-0.2, 0) is 15.1 Å². The standard InChI is InChI=1S/C23H23F2N5O4/c1-23(22(26)31,30-7-8-33-18(13-30)14-3-6-20(32-2)28-10-14)19-11-29-21(12-27-19)34-17-5-4-15(24)9-16(17)25/h3-6,9-12,18H,7-8,13H2,1-2H3,(H2,26,31)/t18-,23?/m1/s1. The molecule has 1 unspecified atom stereocenters. The zero-order valence-electron chi connectivity index (χ0n) is 18.6. The second kappa shape index (κ2) is 9.65. The molecule has 3 heterocycles. The van der Waals surface area contributed by atoms with Crippen LogP contribution in [0.4, 0.5) is 8.78 Å². The van der Waals surface area contributed by atoms with Gasteiger partial charge < -0.3 is 19.9 Å². The smallest absolute Gasteiger partial charge is 0.243 e. The number of hydrogen-bond acceptors (Lipinski definition) is 8. The third-order valence-corrected chi connectivity index (χ3v) is 5.75. The fraction of sp³-hybridized carbons (Fsp3) is 0.304. The molecule has 2 aromatic heterocycles. The third-order valence-electron chi connectivity index (χ3n) is 5.75. The Bertz CT molecular complexity index is 1160. The van der Waals surface area contributed by atoms with Crippen molar-refractivity contribution in [3.63, 3.8) is 0 Å². The van der Waals surface area contributed by atoms with E-state index in [9.17, 15) is 13.6 Å². The molecule has 11 heteroatoms. The second-order valence-electron chi connectivity index (χ2n) is 7.79. The highest BCUT2D eigenvalue weighted by Crippen LogP contribution is 2.33. The van der Waals surface area contributed by atoms with Crippen molar-refractivity contribution >= 4 is 5.91 Å². The summed E-state index contributed by atoms with van der Waals surface area (Å²) in [5.41, 5.74) is 5.64. The number of pyridine rings is 1. The lowest BCUT2D eigenvalue weighted by atomic mass is 9.93. The molecular formula is C23H23F2N5O4. The molecular weight excluding hydrogens is 448 g/mol. The number of halogens is 2. The SMILES string of the molecule is COc1ccc([C@H]2CN(C(C)(C(N)=O)c3cnc(Oc4ccc(F)cc4F)cn3)CCO2)cn1. The van der Waals surface area contributed by atoms with Crippen molar-refractivity contribution in [2.45, 2.75) is 18.6 Å². The van der Waals surface area contributed by atoms with E-state index in [1.165, 1.54) is 19.5 Å². The molecule has 1 aliphatic heterocycles. The van der Waals surface area contributed by atoms with Gasteiger partial charge in [0.2, 0.25) is 17.7 Å². The number of ether oxygens (including phenoxy) is 3. The molecule has 0 saturated carbocycles. The lowest BCUT2D eigenvalue weighted by molar-refractivity contribution is -0.137. The number of morpholine rings is 1. The Morgan fingerprint density at radius 1 is 1.15 bits per heavy atom. The van der Waals surface area contributed by atoms with Crippen molar-refractivity contribution in [1.82, 2.24) is 19.9 Å². The molecule has 1 aromatic carbocycles. The molecule has 34 heavy (non-hydrogen) atoms. The molecule has 2 N–H and O–H groups in total. The number of methoxy groups -OCH3 is 1. The van der Waals surface area contributed by atoms with Gasteiger partial charge in [-0.2, -0.15) is 0 Å². The monoisotopic (exact) mass is 471 g/mol. The number of hydrogen-bond donors (Lipinski definition) is 1. The van der Waals surface area contributed by atoms with Gasteiger partial charge in [0.1, 0.15) is 11.4 Å². The Balaban J connectivity index is 1.55. The molecule has 0 aliphatic carbocycles. The first kappa shape index (κ1) is 23.5. The Morgan fingerprint density at radius 3 is 2.56 bits per heavy atom. The van der Waals surface area contributed by atoms with Crippen LogP contribution in [0, 0.1) is 11.6 Å². The summed E-state index contributed by atoms with van der Waals surface area (Å²) < 4.78 is 43.3. The number of primary amides is 1. The minimum Gasteiger partial charge on any atom is -0.481 e. The maximum absolute atomic E-state index is 13.9. The van der Waals surface area contributed by atoms with Crippen LogP contribution < -0.4 is 15.2 Å². The molecule has 4 rings (SSSR count). The summed E-state index contributed by atoms with van der Waals surface area (Å²) in [5.74, 6) is -1.96. The first-order valence-corrected chi connectivity index (χ1v) is 10.4. The van der Waals surface area contributed by atoms with Crippen LogP contribution in [0.25, 0.3) is 0 Å². The van der Waals surface area contributed by atoms with Crippen LogP contribution in [0.1, 0.15) is 24.3 Å². The van der Waals surface area contributed by atoms with E-state index in [1.807, 2.05) is 11.0 Å². The van der Waals surface area contributed by atoms with Crippen molar-refractivity contribution < 1.29 is 27.8 Å². The number of carbonyl (C=O) groups is 1. The highest BCUT2D eigenvalue weighted by atomic mass is 19.1. The molecule has 0 radical (unpaired) electrons. The maximum Gasteiger partial charge on any atom is 0.243 e. The van der Waals surface area contributed by atoms with Crippen molar-refractivity contribution in [3.8, 4) is 17.5 Å². The van der Waals surface area contributed by atoms with Gasteiger partial charge in [0.05, 0.1) is 37.9 Å². The Kier molecular flexibility index (Phi) is 6.66. The molecule has 2 atom stereocenters. The fourth-order valence-electron chi connectivity index (χ4n) is 3.70. The number of carbonyl (C=O) groups excluding carboxylic acids is 1. The largest absolute Gasteiger partial charge is 0.481 e. The Hall–Kier alpha value is -3.70. The molecule has 3 aromatic rings. The van der Waals surface area contributed by atoms with E-state index in [1.54, 1.807) is 19.2 Å². The van der Waals surface area contributed by atoms with E-state index in [0.29, 0.717) is 37.3 Å². The average molecular weight is 471 g/mol. The molecule has 9 nitrogen and oxygen atoms in total. The van der Waals surface area contributed by atoms with Crippen molar-refractivity contribution in [2.75, 3.05) is 26.8 Å². The van der Waals surface area contributed by atoms with Gasteiger partial charge in [0, 0.05) is 37.0 Å². The molecule has 0 bridgehead atoms. The van der Waals surface area contributed by atoms with Gasteiger partial charge in [-0.05, 0) is 25.1 Å². The number of amides is 1. The van der Waals surface area contributed by atoms with Crippen molar-refractivity contribution in [3.05, 3.63) is 71.8 Å². The molecule has 0 spiro atoms. The predicted octanol–water partition coefficient (Wildman–Crippen LogP) is 2.72. The van der Waals surface area contributed by atoms with Gasteiger partial charge in [-0.1, -0.05) is 0 Å².